The summed E-state index contributed by atoms with van der Waals surface area (Å²) in [6.07, 6.45) is 1.00. The van der Waals surface area contributed by atoms with Gasteiger partial charge >= 0.3 is 0 Å². The minimum Gasteiger partial charge on any atom is -0.360 e. The lowest BCUT2D eigenvalue weighted by atomic mass is 10.3. The maximum absolute atomic E-state index is 12.6. The average Bonchev–Trinajstić information content (AvgIpc) is 3.33. The number of hydrogen-bond donors (Lipinski definition) is 1. The van der Waals surface area contributed by atoms with Crippen LogP contribution in [0.5, 0.6) is 0 Å². The molecule has 0 bridgehead atoms. The minimum absolute atomic E-state index is 0.0283. The normalized spacial score (nSPS) is 15.7. The zero-order chi connectivity index (χ0) is 20.1. The van der Waals surface area contributed by atoms with E-state index in [1.165, 1.54) is 33.5 Å². The highest BCUT2D eigenvalue weighted by Crippen LogP contribution is 2.29. The predicted octanol–water partition coefficient (Wildman–Crippen LogP) is 2.70. The quantitative estimate of drug-likeness (QED) is 0.579. The third-order valence-corrected chi connectivity index (χ3v) is 9.58. The van der Waals surface area contributed by atoms with Gasteiger partial charge in [0.05, 0.1) is 10.1 Å². The first-order valence-electron chi connectivity index (χ1n) is 8.63. The topological polar surface area (TPSA) is 95.5 Å². The van der Waals surface area contributed by atoms with Gasteiger partial charge in [-0.3, -0.25) is 4.79 Å². The van der Waals surface area contributed by atoms with Crippen molar-refractivity contribution in [1.29, 1.82) is 0 Å². The first-order chi connectivity index (χ1) is 13.4. The molecule has 3 heterocycles. The van der Waals surface area contributed by atoms with Gasteiger partial charge in [0.25, 0.3) is 10.0 Å². The zero-order valence-corrected chi connectivity index (χ0v) is 19.2. The molecule has 0 spiro atoms. The second kappa shape index (κ2) is 9.72. The smallest absolute Gasteiger partial charge is 0.252 e. The standard InChI is InChI=1S/C15H20ClN5O3S4/c1-2-5-17-14-18-19-15(27-14)25-10-12(22)20-6-8-21(9-7-20)28(23,24)13-4-3-11(16)26-13/h3-4H,2,5-10H2,1H3,(H,17,18). The van der Waals surface area contributed by atoms with Crippen molar-refractivity contribution in [3.8, 4) is 0 Å². The van der Waals surface area contributed by atoms with Gasteiger partial charge in [-0.1, -0.05) is 41.6 Å². The molecule has 28 heavy (non-hydrogen) atoms. The lowest BCUT2D eigenvalue weighted by Gasteiger charge is -2.33. The Hall–Kier alpha value is -0.920. The van der Waals surface area contributed by atoms with Crippen LogP contribution in [-0.4, -0.2) is 72.2 Å². The summed E-state index contributed by atoms with van der Waals surface area (Å²) in [6.45, 7) is 4.20. The van der Waals surface area contributed by atoms with Gasteiger partial charge in [0.15, 0.2) is 4.34 Å². The van der Waals surface area contributed by atoms with Crippen LogP contribution in [0, 0.1) is 0 Å². The fourth-order valence-corrected chi connectivity index (χ4v) is 7.27. The molecule has 0 atom stereocenters. The molecule has 0 unspecified atom stereocenters. The summed E-state index contributed by atoms with van der Waals surface area (Å²) in [5.74, 6) is 0.231. The van der Waals surface area contributed by atoms with Crippen LogP contribution >= 0.6 is 46.0 Å². The third-order valence-electron chi connectivity index (χ3n) is 3.99. The van der Waals surface area contributed by atoms with Crippen LogP contribution in [0.3, 0.4) is 0 Å². The number of hydrogen-bond acceptors (Lipinski definition) is 9. The molecule has 1 fully saturated rings. The van der Waals surface area contributed by atoms with E-state index in [2.05, 4.69) is 22.4 Å². The molecule has 0 saturated carbocycles. The van der Waals surface area contributed by atoms with Crippen LogP contribution in [0.25, 0.3) is 0 Å². The molecular weight excluding hydrogens is 462 g/mol. The van der Waals surface area contributed by atoms with Gasteiger partial charge in [0.1, 0.15) is 4.21 Å². The second-order valence-electron chi connectivity index (χ2n) is 5.93. The Morgan fingerprint density at radius 2 is 2.00 bits per heavy atom. The minimum atomic E-state index is -3.55. The van der Waals surface area contributed by atoms with Gasteiger partial charge in [0.2, 0.25) is 11.0 Å². The maximum Gasteiger partial charge on any atom is 0.252 e. The van der Waals surface area contributed by atoms with Crippen molar-refractivity contribution >= 4 is 67.1 Å². The van der Waals surface area contributed by atoms with E-state index in [1.54, 1.807) is 11.0 Å². The molecule has 2 aromatic heterocycles. The summed E-state index contributed by atoms with van der Waals surface area (Å²) < 4.78 is 28.0. The lowest BCUT2D eigenvalue weighted by Crippen LogP contribution is -2.50. The van der Waals surface area contributed by atoms with E-state index in [9.17, 15) is 13.2 Å². The van der Waals surface area contributed by atoms with Crippen molar-refractivity contribution in [3.05, 3.63) is 16.5 Å². The van der Waals surface area contributed by atoms with Crippen LogP contribution in [-0.2, 0) is 14.8 Å². The Morgan fingerprint density at radius 1 is 1.25 bits per heavy atom. The Balaban J connectivity index is 1.48. The van der Waals surface area contributed by atoms with Crippen LogP contribution in [0.2, 0.25) is 4.34 Å². The number of halogens is 1. The van der Waals surface area contributed by atoms with E-state index in [0.29, 0.717) is 17.4 Å². The SMILES string of the molecule is CCCNc1nnc(SCC(=O)N2CCN(S(=O)(=O)c3ccc(Cl)s3)CC2)s1. The zero-order valence-electron chi connectivity index (χ0n) is 15.1. The van der Waals surface area contributed by atoms with Crippen LogP contribution in [0.4, 0.5) is 5.13 Å². The van der Waals surface area contributed by atoms with Gasteiger partial charge in [0, 0.05) is 32.7 Å². The molecule has 8 nitrogen and oxygen atoms in total. The van der Waals surface area contributed by atoms with Crippen molar-refractivity contribution in [2.24, 2.45) is 0 Å². The van der Waals surface area contributed by atoms with E-state index in [1.807, 2.05) is 0 Å². The Kier molecular flexibility index (Phi) is 7.56. The number of nitrogens with one attached hydrogen (secondary N) is 1. The molecule has 1 saturated heterocycles. The Morgan fingerprint density at radius 3 is 2.64 bits per heavy atom. The van der Waals surface area contributed by atoms with Crippen LogP contribution < -0.4 is 5.32 Å². The monoisotopic (exact) mass is 481 g/mol. The molecule has 3 rings (SSSR count). The van der Waals surface area contributed by atoms with E-state index >= 15 is 0 Å². The lowest BCUT2D eigenvalue weighted by molar-refractivity contribution is -0.129. The molecule has 1 N–H and O–H groups in total. The maximum atomic E-state index is 12.6. The number of anilines is 1. The number of aromatic nitrogens is 2. The van der Waals surface area contributed by atoms with E-state index < -0.39 is 10.0 Å². The number of carbonyl (C=O) groups is 1. The molecule has 13 heteroatoms. The Labute approximate surface area is 181 Å². The summed E-state index contributed by atoms with van der Waals surface area (Å²) >= 11 is 9.67. The number of nitrogens with zero attached hydrogens (tertiary/aromatic N) is 4. The number of carbonyl (C=O) groups excluding carboxylic acids is 1. The second-order valence-corrected chi connectivity index (χ2v) is 12.0. The van der Waals surface area contributed by atoms with E-state index in [0.717, 1.165) is 33.8 Å². The number of thioether (sulfide) groups is 1. The van der Waals surface area contributed by atoms with Crippen LogP contribution in [0.1, 0.15) is 13.3 Å². The fourth-order valence-electron chi connectivity index (χ4n) is 2.53. The molecule has 0 aliphatic carbocycles. The Bertz CT molecular complexity index is 908. The number of sulfonamides is 1. The fraction of sp³-hybridized carbons (Fsp3) is 0.533. The number of piperazine rings is 1. The van der Waals surface area contributed by atoms with Crippen molar-refractivity contribution in [3.63, 3.8) is 0 Å². The van der Waals surface area contributed by atoms with Gasteiger partial charge in [-0.05, 0) is 18.6 Å². The van der Waals surface area contributed by atoms with Gasteiger partial charge in [-0.15, -0.1) is 21.5 Å². The summed E-state index contributed by atoms with van der Waals surface area (Å²) in [5.41, 5.74) is 0. The third kappa shape index (κ3) is 5.36. The van der Waals surface area contributed by atoms with Crippen molar-refractivity contribution in [2.45, 2.75) is 21.9 Å². The molecule has 1 aliphatic heterocycles. The first-order valence-corrected chi connectivity index (χ1v) is 13.1. The summed E-state index contributed by atoms with van der Waals surface area (Å²) in [7, 11) is -3.55. The molecule has 0 radical (unpaired) electrons. The van der Waals surface area contributed by atoms with Gasteiger partial charge < -0.3 is 10.2 Å². The predicted molar refractivity (Wildman–Crippen MR) is 114 cm³/mol. The summed E-state index contributed by atoms with van der Waals surface area (Å²) in [6, 6.07) is 3.09. The van der Waals surface area contributed by atoms with Crippen molar-refractivity contribution in [2.75, 3.05) is 43.8 Å². The molecule has 1 amide bonds. The highest BCUT2D eigenvalue weighted by atomic mass is 35.5. The molecule has 0 aromatic carbocycles. The molecule has 2 aromatic rings. The van der Waals surface area contributed by atoms with Gasteiger partial charge in [-0.2, -0.15) is 4.31 Å². The van der Waals surface area contributed by atoms with Crippen LogP contribution in [0.15, 0.2) is 20.7 Å². The van der Waals surface area contributed by atoms with E-state index in [-0.39, 0.29) is 29.0 Å². The summed E-state index contributed by atoms with van der Waals surface area (Å²) in [5, 5.41) is 12.0. The summed E-state index contributed by atoms with van der Waals surface area (Å²) in [4.78, 5) is 14.1. The van der Waals surface area contributed by atoms with E-state index in [4.69, 9.17) is 11.6 Å². The average molecular weight is 482 g/mol. The highest BCUT2D eigenvalue weighted by Gasteiger charge is 2.31. The molecular formula is C15H20ClN5O3S4. The largest absolute Gasteiger partial charge is 0.360 e. The molecule has 154 valence electrons. The van der Waals surface area contributed by atoms with Crippen molar-refractivity contribution in [1.82, 2.24) is 19.4 Å². The molecule has 1 aliphatic rings. The highest BCUT2D eigenvalue weighted by molar-refractivity contribution is 8.01. The number of thiophene rings is 1. The van der Waals surface area contributed by atoms with Gasteiger partial charge in [-0.25, -0.2) is 8.42 Å². The first kappa shape index (κ1) is 21.8. The van der Waals surface area contributed by atoms with Crippen molar-refractivity contribution < 1.29 is 13.2 Å². The number of amides is 1. The number of rotatable bonds is 8.